The zero-order valence-corrected chi connectivity index (χ0v) is 16.2. The average molecular weight is 361 g/mol. The van der Waals surface area contributed by atoms with Crippen molar-refractivity contribution in [3.05, 3.63) is 45.1 Å². The van der Waals surface area contributed by atoms with Gasteiger partial charge in [0.1, 0.15) is 0 Å². The van der Waals surface area contributed by atoms with Gasteiger partial charge >= 0.3 is 0 Å². The van der Waals surface area contributed by atoms with Crippen molar-refractivity contribution in [2.75, 3.05) is 0 Å². The molecular weight excluding hydrogens is 344 g/mol. The van der Waals surface area contributed by atoms with E-state index in [0.717, 1.165) is 0 Å². The first-order chi connectivity index (χ1) is 10.5. The summed E-state index contributed by atoms with van der Waals surface area (Å²) >= 11 is 7.68. The van der Waals surface area contributed by atoms with E-state index in [2.05, 4.69) is 52.0 Å². The molecule has 22 heavy (non-hydrogen) atoms. The Bertz CT molecular complexity index is 867. The van der Waals surface area contributed by atoms with Crippen LogP contribution in [0.1, 0.15) is 20.9 Å². The monoisotopic (exact) mass is 360 g/mol. The summed E-state index contributed by atoms with van der Waals surface area (Å²) in [7, 11) is 0. The Morgan fingerprint density at radius 2 is 0.955 bits per heavy atom. The normalized spacial score (nSPS) is 11.6. The summed E-state index contributed by atoms with van der Waals surface area (Å²) < 4.78 is 2.84. The lowest BCUT2D eigenvalue weighted by molar-refractivity contribution is 1.51. The Kier molecular flexibility index (Phi) is 3.53. The molecule has 0 aliphatic rings. The number of hydrogen-bond acceptors (Lipinski definition) is 4. The van der Waals surface area contributed by atoms with Crippen LogP contribution in [0.2, 0.25) is 0 Å². The third kappa shape index (κ3) is 2.38. The topological polar surface area (TPSA) is 0 Å². The van der Waals surface area contributed by atoms with Crippen LogP contribution in [-0.4, -0.2) is 0 Å². The largest absolute Gasteiger partial charge is 0.139 e. The van der Waals surface area contributed by atoms with Crippen LogP contribution in [-0.2, 0) is 0 Å². The Morgan fingerprint density at radius 3 is 1.27 bits per heavy atom. The molecule has 4 heteroatoms. The van der Waals surface area contributed by atoms with Crippen LogP contribution in [0.3, 0.4) is 0 Å². The molecule has 0 fully saturated rings. The summed E-state index contributed by atoms with van der Waals surface area (Å²) in [4.78, 5) is 8.51. The van der Waals surface area contributed by atoms with Gasteiger partial charge in [-0.2, -0.15) is 0 Å². The zero-order valence-electron chi connectivity index (χ0n) is 12.9. The van der Waals surface area contributed by atoms with E-state index in [1.807, 2.05) is 45.3 Å². The van der Waals surface area contributed by atoms with Gasteiger partial charge in [0, 0.05) is 38.7 Å². The lowest BCUT2D eigenvalue weighted by Crippen LogP contribution is -1.68. The molecule has 0 amide bonds. The Morgan fingerprint density at radius 1 is 0.545 bits per heavy atom. The second kappa shape index (κ2) is 5.31. The van der Waals surface area contributed by atoms with Crippen molar-refractivity contribution < 1.29 is 0 Å². The fourth-order valence-corrected chi connectivity index (χ4v) is 7.61. The molecule has 0 bridgehead atoms. The van der Waals surface area contributed by atoms with Crippen LogP contribution in [0.4, 0.5) is 0 Å². The van der Waals surface area contributed by atoms with E-state index in [1.165, 1.54) is 49.8 Å². The van der Waals surface area contributed by atoms with E-state index in [1.54, 1.807) is 0 Å². The molecule has 4 aromatic heterocycles. The van der Waals surface area contributed by atoms with E-state index in [-0.39, 0.29) is 0 Å². The molecule has 0 unspecified atom stereocenters. The molecule has 4 aromatic rings. The van der Waals surface area contributed by atoms with Gasteiger partial charge in [0.15, 0.2) is 0 Å². The lowest BCUT2D eigenvalue weighted by atomic mass is 10.2. The second-order valence-corrected chi connectivity index (χ2v) is 10.4. The van der Waals surface area contributed by atoms with E-state index in [0.29, 0.717) is 0 Å². The first-order valence-electron chi connectivity index (χ1n) is 7.19. The van der Waals surface area contributed by atoms with Crippen LogP contribution in [0, 0.1) is 27.7 Å². The molecule has 0 N–H and O–H groups in total. The van der Waals surface area contributed by atoms with Crippen molar-refractivity contribution in [3.63, 3.8) is 0 Å². The van der Waals surface area contributed by atoms with Crippen molar-refractivity contribution in [3.8, 4) is 19.5 Å². The van der Waals surface area contributed by atoms with Crippen molar-refractivity contribution in [1.29, 1.82) is 0 Å². The van der Waals surface area contributed by atoms with E-state index >= 15 is 0 Å². The van der Waals surface area contributed by atoms with Gasteiger partial charge in [-0.1, -0.05) is 0 Å². The highest BCUT2D eigenvalue weighted by Gasteiger charge is 2.14. The molecule has 112 valence electrons. The first-order valence-corrected chi connectivity index (χ1v) is 10.5. The first kappa shape index (κ1) is 14.6. The third-order valence-corrected chi connectivity index (χ3v) is 8.70. The zero-order chi connectivity index (χ0) is 15.4. The molecular formula is C18H16S4. The van der Waals surface area contributed by atoms with Crippen LogP contribution in [0.15, 0.2) is 24.3 Å². The standard InChI is InChI=1S/C18H16S4/c1-9-5-11(3)19-17(9)15-7-13-14(21-15)8-16(22-13)18-10(2)6-12(4)20-18/h5-8H,1-4H3. The third-order valence-electron chi connectivity index (χ3n) is 3.74. The molecule has 0 saturated carbocycles. The molecule has 0 radical (unpaired) electrons. The van der Waals surface area contributed by atoms with Crippen LogP contribution in [0.5, 0.6) is 0 Å². The number of hydrogen-bond donors (Lipinski definition) is 0. The molecule has 4 rings (SSSR count). The summed E-state index contributed by atoms with van der Waals surface area (Å²) in [6.07, 6.45) is 0. The van der Waals surface area contributed by atoms with Gasteiger partial charge in [-0.3, -0.25) is 0 Å². The Balaban J connectivity index is 1.80. The summed E-state index contributed by atoms with van der Waals surface area (Å²) in [6.45, 7) is 8.82. The summed E-state index contributed by atoms with van der Waals surface area (Å²) in [5, 5.41) is 0. The number of rotatable bonds is 2. The van der Waals surface area contributed by atoms with Gasteiger partial charge in [-0.05, 0) is 63.1 Å². The van der Waals surface area contributed by atoms with Gasteiger partial charge in [0.2, 0.25) is 0 Å². The fourth-order valence-electron chi connectivity index (χ4n) is 2.83. The SMILES string of the molecule is Cc1cc(C)c(-c2cc3sc(-c4sc(C)cc4C)cc3s2)s1. The van der Waals surface area contributed by atoms with E-state index in [9.17, 15) is 0 Å². The summed E-state index contributed by atoms with van der Waals surface area (Å²) in [5.74, 6) is 0. The predicted molar refractivity (Wildman–Crippen MR) is 105 cm³/mol. The van der Waals surface area contributed by atoms with E-state index < -0.39 is 0 Å². The Labute approximate surface area is 146 Å². The highest BCUT2D eigenvalue weighted by Crippen LogP contribution is 2.46. The highest BCUT2D eigenvalue weighted by molar-refractivity contribution is 7.33. The van der Waals surface area contributed by atoms with Gasteiger partial charge in [0.25, 0.3) is 0 Å². The van der Waals surface area contributed by atoms with Crippen molar-refractivity contribution in [2.45, 2.75) is 27.7 Å². The summed E-state index contributed by atoms with van der Waals surface area (Å²) in [5.41, 5.74) is 2.81. The maximum absolute atomic E-state index is 2.38. The van der Waals surface area contributed by atoms with Crippen molar-refractivity contribution in [2.24, 2.45) is 0 Å². The van der Waals surface area contributed by atoms with Gasteiger partial charge < -0.3 is 0 Å². The number of thiophene rings is 4. The van der Waals surface area contributed by atoms with Gasteiger partial charge in [-0.15, -0.1) is 45.3 Å². The number of aryl methyl sites for hydroxylation is 4. The minimum absolute atomic E-state index is 1.40. The van der Waals surface area contributed by atoms with Crippen LogP contribution >= 0.6 is 45.3 Å². The molecule has 0 aliphatic heterocycles. The van der Waals surface area contributed by atoms with Crippen molar-refractivity contribution in [1.82, 2.24) is 0 Å². The van der Waals surface area contributed by atoms with Crippen molar-refractivity contribution >= 4 is 54.7 Å². The average Bonchev–Trinajstić information content (AvgIpc) is 3.12. The summed E-state index contributed by atoms with van der Waals surface area (Å²) in [6, 6.07) is 9.33. The maximum atomic E-state index is 2.38. The highest BCUT2D eigenvalue weighted by atomic mass is 32.1. The molecule has 0 aliphatic carbocycles. The predicted octanol–water partition coefficient (Wildman–Crippen LogP) is 7.65. The molecule has 0 aromatic carbocycles. The van der Waals surface area contributed by atoms with E-state index in [4.69, 9.17) is 0 Å². The van der Waals surface area contributed by atoms with Crippen LogP contribution < -0.4 is 0 Å². The smallest absolute Gasteiger partial charge is 0.0475 e. The van der Waals surface area contributed by atoms with Crippen LogP contribution in [0.25, 0.3) is 28.9 Å². The second-order valence-electron chi connectivity index (χ2n) is 5.69. The van der Waals surface area contributed by atoms with Gasteiger partial charge in [0.05, 0.1) is 0 Å². The molecule has 0 atom stereocenters. The minimum Gasteiger partial charge on any atom is -0.139 e. The quantitative estimate of drug-likeness (QED) is 0.344. The fraction of sp³-hybridized carbons (Fsp3) is 0.222. The molecule has 0 spiro atoms. The molecule has 0 saturated heterocycles. The van der Waals surface area contributed by atoms with Gasteiger partial charge in [-0.25, -0.2) is 0 Å². The Hall–Kier alpha value is -0.940. The minimum atomic E-state index is 1.40. The number of fused-ring (bicyclic) bond motifs is 1. The lowest BCUT2D eigenvalue weighted by Gasteiger charge is -1.94. The maximum Gasteiger partial charge on any atom is 0.0475 e. The molecule has 4 heterocycles. The molecule has 0 nitrogen and oxygen atoms in total.